The monoisotopic (exact) mass is 250 g/mol. The molecular formula is C12H15ClN4. The standard InChI is InChI=1S/C12H15ClN4/c13-11-4-3-5-12(16-11)15-6-1-2-8-17-9-7-14-10-17/h3-5,7,9-10H,1-2,6,8H2,(H,15,16). The molecule has 0 fully saturated rings. The van der Waals surface area contributed by atoms with Crippen LogP contribution in [0.1, 0.15) is 12.8 Å². The largest absolute Gasteiger partial charge is 0.370 e. The Morgan fingerprint density at radius 3 is 3.00 bits per heavy atom. The highest BCUT2D eigenvalue weighted by Crippen LogP contribution is 2.09. The van der Waals surface area contributed by atoms with Crippen LogP contribution in [0.4, 0.5) is 5.82 Å². The Hall–Kier alpha value is -1.55. The predicted octanol–water partition coefficient (Wildman–Crippen LogP) is 2.82. The van der Waals surface area contributed by atoms with E-state index in [2.05, 4.69) is 19.9 Å². The number of hydrogen-bond acceptors (Lipinski definition) is 3. The van der Waals surface area contributed by atoms with Crippen LogP contribution < -0.4 is 5.32 Å². The third-order valence-electron chi connectivity index (χ3n) is 2.42. The van der Waals surface area contributed by atoms with Gasteiger partial charge >= 0.3 is 0 Å². The number of unbranched alkanes of at least 4 members (excludes halogenated alkanes) is 1. The lowest BCUT2D eigenvalue weighted by molar-refractivity contribution is 0.620. The summed E-state index contributed by atoms with van der Waals surface area (Å²) in [5.41, 5.74) is 0. The van der Waals surface area contributed by atoms with E-state index in [0.29, 0.717) is 5.15 Å². The number of anilines is 1. The Morgan fingerprint density at radius 2 is 2.24 bits per heavy atom. The molecule has 2 heterocycles. The topological polar surface area (TPSA) is 42.7 Å². The maximum Gasteiger partial charge on any atom is 0.131 e. The molecule has 2 aromatic rings. The molecule has 0 aromatic carbocycles. The van der Waals surface area contributed by atoms with Crippen molar-refractivity contribution in [1.82, 2.24) is 14.5 Å². The van der Waals surface area contributed by atoms with Crippen molar-refractivity contribution in [3.8, 4) is 0 Å². The zero-order valence-electron chi connectivity index (χ0n) is 9.51. The van der Waals surface area contributed by atoms with E-state index in [9.17, 15) is 0 Å². The summed E-state index contributed by atoms with van der Waals surface area (Å²) in [6.07, 6.45) is 7.82. The van der Waals surface area contributed by atoms with Crippen LogP contribution in [0.5, 0.6) is 0 Å². The van der Waals surface area contributed by atoms with Gasteiger partial charge in [-0.25, -0.2) is 9.97 Å². The van der Waals surface area contributed by atoms with Crippen LogP contribution in [0, 0.1) is 0 Å². The fourth-order valence-corrected chi connectivity index (χ4v) is 1.73. The number of aryl methyl sites for hydroxylation is 1. The van der Waals surface area contributed by atoms with Crippen molar-refractivity contribution in [2.45, 2.75) is 19.4 Å². The summed E-state index contributed by atoms with van der Waals surface area (Å²) in [7, 11) is 0. The van der Waals surface area contributed by atoms with Gasteiger partial charge in [-0.2, -0.15) is 0 Å². The second-order valence-electron chi connectivity index (χ2n) is 3.78. The van der Waals surface area contributed by atoms with Gasteiger partial charge < -0.3 is 9.88 Å². The average Bonchev–Trinajstić information content (AvgIpc) is 2.82. The van der Waals surface area contributed by atoms with Crippen LogP contribution in [0.25, 0.3) is 0 Å². The number of pyridine rings is 1. The smallest absolute Gasteiger partial charge is 0.131 e. The second kappa shape index (κ2) is 6.25. The molecule has 0 aliphatic rings. The van der Waals surface area contributed by atoms with Gasteiger partial charge in [-0.15, -0.1) is 0 Å². The highest BCUT2D eigenvalue weighted by Gasteiger charge is 1.95. The summed E-state index contributed by atoms with van der Waals surface area (Å²) >= 11 is 5.79. The Bertz CT molecular complexity index is 442. The highest BCUT2D eigenvalue weighted by atomic mass is 35.5. The molecule has 0 aliphatic heterocycles. The molecular weight excluding hydrogens is 236 g/mol. The summed E-state index contributed by atoms with van der Waals surface area (Å²) in [5.74, 6) is 0.833. The molecule has 90 valence electrons. The summed E-state index contributed by atoms with van der Waals surface area (Å²) in [6.45, 7) is 1.91. The van der Waals surface area contributed by atoms with Gasteiger partial charge in [-0.1, -0.05) is 17.7 Å². The minimum Gasteiger partial charge on any atom is -0.370 e. The molecule has 0 radical (unpaired) electrons. The third-order valence-corrected chi connectivity index (χ3v) is 2.63. The molecule has 0 saturated carbocycles. The van der Waals surface area contributed by atoms with Gasteiger partial charge in [0.2, 0.25) is 0 Å². The zero-order chi connectivity index (χ0) is 11.9. The van der Waals surface area contributed by atoms with Crippen molar-refractivity contribution >= 4 is 17.4 Å². The molecule has 2 rings (SSSR count). The molecule has 0 spiro atoms. The maximum atomic E-state index is 5.79. The first kappa shape index (κ1) is 11.9. The minimum absolute atomic E-state index is 0.522. The number of nitrogens with one attached hydrogen (secondary N) is 1. The van der Waals surface area contributed by atoms with Crippen molar-refractivity contribution in [2.75, 3.05) is 11.9 Å². The number of rotatable bonds is 6. The minimum atomic E-state index is 0.522. The van der Waals surface area contributed by atoms with Crippen molar-refractivity contribution in [2.24, 2.45) is 0 Å². The number of nitrogens with zero attached hydrogens (tertiary/aromatic N) is 3. The van der Waals surface area contributed by atoms with E-state index in [-0.39, 0.29) is 0 Å². The first-order chi connectivity index (χ1) is 8.34. The van der Waals surface area contributed by atoms with Crippen molar-refractivity contribution in [3.05, 3.63) is 42.1 Å². The summed E-state index contributed by atoms with van der Waals surface area (Å²) in [6, 6.07) is 5.58. The lowest BCUT2D eigenvalue weighted by Gasteiger charge is -2.05. The van der Waals surface area contributed by atoms with Gasteiger partial charge in [0.25, 0.3) is 0 Å². The summed E-state index contributed by atoms with van der Waals surface area (Å²) in [4.78, 5) is 8.16. The fourth-order valence-electron chi connectivity index (χ4n) is 1.56. The lowest BCUT2D eigenvalue weighted by atomic mass is 10.3. The van der Waals surface area contributed by atoms with E-state index in [4.69, 9.17) is 11.6 Å². The van der Waals surface area contributed by atoms with Crippen LogP contribution >= 0.6 is 11.6 Å². The van der Waals surface area contributed by atoms with Crippen molar-refractivity contribution in [1.29, 1.82) is 0 Å². The van der Waals surface area contributed by atoms with Gasteiger partial charge in [-0.3, -0.25) is 0 Å². The van der Waals surface area contributed by atoms with E-state index in [0.717, 1.165) is 31.7 Å². The summed E-state index contributed by atoms with van der Waals surface area (Å²) < 4.78 is 2.08. The van der Waals surface area contributed by atoms with Gasteiger partial charge in [0, 0.05) is 25.5 Å². The molecule has 5 heteroatoms. The average molecular weight is 251 g/mol. The quantitative estimate of drug-likeness (QED) is 0.633. The van der Waals surface area contributed by atoms with Crippen LogP contribution in [0.15, 0.2) is 36.9 Å². The Labute approximate surface area is 106 Å². The number of imidazole rings is 1. The molecule has 1 N–H and O–H groups in total. The molecule has 0 bridgehead atoms. The normalized spacial score (nSPS) is 10.4. The van der Waals surface area contributed by atoms with E-state index >= 15 is 0 Å². The molecule has 0 atom stereocenters. The number of halogens is 1. The van der Waals surface area contributed by atoms with E-state index < -0.39 is 0 Å². The fraction of sp³-hybridized carbons (Fsp3) is 0.333. The maximum absolute atomic E-state index is 5.79. The molecule has 17 heavy (non-hydrogen) atoms. The number of aromatic nitrogens is 3. The highest BCUT2D eigenvalue weighted by molar-refractivity contribution is 6.29. The van der Waals surface area contributed by atoms with E-state index in [1.165, 1.54) is 0 Å². The van der Waals surface area contributed by atoms with E-state index in [1.807, 2.05) is 24.7 Å². The van der Waals surface area contributed by atoms with Crippen LogP contribution in [-0.2, 0) is 6.54 Å². The molecule has 4 nitrogen and oxygen atoms in total. The first-order valence-corrected chi connectivity index (χ1v) is 6.04. The molecule has 0 unspecified atom stereocenters. The molecule has 0 amide bonds. The van der Waals surface area contributed by atoms with E-state index in [1.54, 1.807) is 12.3 Å². The van der Waals surface area contributed by atoms with Gasteiger partial charge in [-0.05, 0) is 25.0 Å². The SMILES string of the molecule is Clc1cccc(NCCCCn2ccnc2)n1. The Kier molecular flexibility index (Phi) is 4.38. The first-order valence-electron chi connectivity index (χ1n) is 5.67. The zero-order valence-corrected chi connectivity index (χ0v) is 10.3. The van der Waals surface area contributed by atoms with Gasteiger partial charge in [0.05, 0.1) is 6.33 Å². The number of hydrogen-bond donors (Lipinski definition) is 1. The third kappa shape index (κ3) is 4.07. The lowest BCUT2D eigenvalue weighted by Crippen LogP contribution is -2.04. The van der Waals surface area contributed by atoms with Crippen LogP contribution in [0.2, 0.25) is 5.15 Å². The van der Waals surface area contributed by atoms with Crippen molar-refractivity contribution in [3.63, 3.8) is 0 Å². The molecule has 0 aliphatic carbocycles. The van der Waals surface area contributed by atoms with Gasteiger partial charge in [0.15, 0.2) is 0 Å². The predicted molar refractivity (Wildman–Crippen MR) is 69.2 cm³/mol. The molecule has 2 aromatic heterocycles. The van der Waals surface area contributed by atoms with Gasteiger partial charge in [0.1, 0.15) is 11.0 Å². The van der Waals surface area contributed by atoms with Crippen LogP contribution in [-0.4, -0.2) is 21.1 Å². The van der Waals surface area contributed by atoms with Crippen LogP contribution in [0.3, 0.4) is 0 Å². The Morgan fingerprint density at radius 1 is 1.29 bits per heavy atom. The molecule has 0 saturated heterocycles. The Balaban J connectivity index is 1.63. The summed E-state index contributed by atoms with van der Waals surface area (Å²) in [5, 5.41) is 3.77. The second-order valence-corrected chi connectivity index (χ2v) is 4.17. The van der Waals surface area contributed by atoms with Crippen molar-refractivity contribution < 1.29 is 0 Å².